The van der Waals surface area contributed by atoms with Gasteiger partial charge >= 0.3 is 0 Å². The predicted octanol–water partition coefficient (Wildman–Crippen LogP) is 3.11. The van der Waals surface area contributed by atoms with Crippen LogP contribution in [0.15, 0.2) is 28.8 Å². The lowest BCUT2D eigenvalue weighted by Crippen LogP contribution is -1.96. The maximum atomic E-state index is 12.9. The van der Waals surface area contributed by atoms with Crippen LogP contribution in [0.25, 0.3) is 0 Å². The van der Waals surface area contributed by atoms with Crippen molar-refractivity contribution >= 4 is 28.9 Å². The highest BCUT2D eigenvalue weighted by atomic mass is 35.5. The van der Waals surface area contributed by atoms with E-state index in [-0.39, 0.29) is 16.8 Å². The van der Waals surface area contributed by atoms with Crippen LogP contribution in [-0.4, -0.2) is 6.61 Å². The molecule has 14 heavy (non-hydrogen) atoms. The average molecular weight is 236 g/mol. The first-order chi connectivity index (χ1) is 6.59. The van der Waals surface area contributed by atoms with Crippen molar-refractivity contribution in [1.29, 1.82) is 0 Å². The molecule has 0 bridgehead atoms. The molecule has 2 N–H and O–H groups in total. The smallest absolute Gasteiger partial charge is 0.149 e. The van der Waals surface area contributed by atoms with Gasteiger partial charge in [-0.2, -0.15) is 0 Å². The Morgan fingerprint density at radius 2 is 2.21 bits per heavy atom. The lowest BCUT2D eigenvalue weighted by Gasteiger charge is -2.03. The van der Waals surface area contributed by atoms with E-state index in [2.05, 4.69) is 0 Å². The molecule has 1 rings (SSSR count). The Morgan fingerprint density at radius 3 is 2.79 bits per heavy atom. The highest BCUT2D eigenvalue weighted by Crippen LogP contribution is 2.18. The van der Waals surface area contributed by atoms with E-state index in [0.29, 0.717) is 5.75 Å². The minimum atomic E-state index is -0.511. The second-order valence-electron chi connectivity index (χ2n) is 2.49. The van der Waals surface area contributed by atoms with Crippen LogP contribution in [0, 0.1) is 5.82 Å². The van der Waals surface area contributed by atoms with Gasteiger partial charge in [-0.25, -0.2) is 4.39 Å². The summed E-state index contributed by atoms with van der Waals surface area (Å²) < 4.78 is 18.1. The Hall–Kier alpha value is -0.930. The third kappa shape index (κ3) is 3.44. The van der Waals surface area contributed by atoms with Crippen LogP contribution in [0.1, 0.15) is 0 Å². The van der Waals surface area contributed by atoms with Crippen LogP contribution in [0.5, 0.6) is 5.75 Å². The number of hydrogen-bond acceptors (Lipinski definition) is 2. The number of ether oxygens (including phenoxy) is 1. The molecule has 0 heterocycles. The molecule has 0 aromatic heterocycles. The van der Waals surface area contributed by atoms with Crippen molar-refractivity contribution in [2.75, 3.05) is 12.3 Å². The first-order valence-corrected chi connectivity index (χ1v) is 4.54. The quantitative estimate of drug-likeness (QED) is 0.818. The average Bonchev–Trinajstić information content (AvgIpc) is 2.10. The molecule has 0 amide bonds. The maximum absolute atomic E-state index is 12.9. The van der Waals surface area contributed by atoms with E-state index < -0.39 is 5.82 Å². The number of hydrogen-bond donors (Lipinski definition) is 1. The van der Waals surface area contributed by atoms with Crippen LogP contribution >= 0.6 is 23.2 Å². The summed E-state index contributed by atoms with van der Waals surface area (Å²) >= 11 is 10.7. The summed E-state index contributed by atoms with van der Waals surface area (Å²) in [4.78, 5) is 0. The summed E-state index contributed by atoms with van der Waals surface area (Å²) in [5.74, 6) is -0.133. The SMILES string of the molecule is Nc1ccc(OCC=C(Cl)Cl)cc1F. The molecule has 0 atom stereocenters. The van der Waals surface area contributed by atoms with Gasteiger partial charge in [-0.3, -0.25) is 0 Å². The van der Waals surface area contributed by atoms with Gasteiger partial charge in [0.15, 0.2) is 0 Å². The van der Waals surface area contributed by atoms with Crippen molar-refractivity contribution in [2.45, 2.75) is 0 Å². The molecule has 0 aliphatic rings. The van der Waals surface area contributed by atoms with Crippen LogP contribution in [-0.2, 0) is 0 Å². The molecule has 0 unspecified atom stereocenters. The molecule has 2 nitrogen and oxygen atoms in total. The lowest BCUT2D eigenvalue weighted by molar-refractivity contribution is 0.360. The number of halogens is 3. The van der Waals surface area contributed by atoms with Gasteiger partial charge in [-0.05, 0) is 18.2 Å². The second kappa shape index (κ2) is 5.08. The van der Waals surface area contributed by atoms with Gasteiger partial charge in [0.1, 0.15) is 22.7 Å². The molecule has 0 spiro atoms. The zero-order chi connectivity index (χ0) is 10.6. The summed E-state index contributed by atoms with van der Waals surface area (Å²) in [5.41, 5.74) is 5.37. The Balaban J connectivity index is 2.60. The predicted molar refractivity (Wildman–Crippen MR) is 56.1 cm³/mol. The zero-order valence-corrected chi connectivity index (χ0v) is 8.65. The van der Waals surface area contributed by atoms with Crippen molar-refractivity contribution in [1.82, 2.24) is 0 Å². The van der Waals surface area contributed by atoms with E-state index >= 15 is 0 Å². The third-order valence-corrected chi connectivity index (χ3v) is 1.77. The van der Waals surface area contributed by atoms with Crippen LogP contribution in [0.2, 0.25) is 0 Å². The van der Waals surface area contributed by atoms with Crippen molar-refractivity contribution in [2.24, 2.45) is 0 Å². The number of nitrogens with two attached hydrogens (primary N) is 1. The Morgan fingerprint density at radius 1 is 1.50 bits per heavy atom. The topological polar surface area (TPSA) is 35.2 Å². The van der Waals surface area contributed by atoms with Crippen molar-refractivity contribution < 1.29 is 9.13 Å². The van der Waals surface area contributed by atoms with Gasteiger partial charge in [0.2, 0.25) is 0 Å². The minimum Gasteiger partial charge on any atom is -0.489 e. The lowest BCUT2D eigenvalue weighted by atomic mass is 10.3. The molecule has 1 aromatic rings. The number of nitrogen functional groups attached to an aromatic ring is 1. The van der Waals surface area contributed by atoms with Crippen molar-refractivity contribution in [3.8, 4) is 5.75 Å². The second-order valence-corrected chi connectivity index (χ2v) is 3.50. The van der Waals surface area contributed by atoms with Gasteiger partial charge in [-0.1, -0.05) is 23.2 Å². The highest BCUT2D eigenvalue weighted by Gasteiger charge is 1.99. The number of rotatable bonds is 3. The van der Waals surface area contributed by atoms with E-state index in [1.54, 1.807) is 6.07 Å². The van der Waals surface area contributed by atoms with Crippen molar-refractivity contribution in [3.05, 3.63) is 34.6 Å². The molecule has 0 aliphatic carbocycles. The van der Waals surface area contributed by atoms with Gasteiger partial charge in [0, 0.05) is 6.07 Å². The molecule has 76 valence electrons. The standard InChI is InChI=1S/C9H8Cl2FNO/c10-9(11)3-4-14-6-1-2-8(13)7(12)5-6/h1-3,5H,4,13H2. The fraction of sp³-hybridized carbons (Fsp3) is 0.111. The molecular weight excluding hydrogens is 228 g/mol. The summed E-state index contributed by atoms with van der Waals surface area (Å²) in [5, 5.41) is 0. The van der Waals surface area contributed by atoms with Crippen molar-refractivity contribution in [3.63, 3.8) is 0 Å². The molecule has 0 radical (unpaired) electrons. The number of anilines is 1. The minimum absolute atomic E-state index is 0.0864. The van der Waals surface area contributed by atoms with E-state index in [9.17, 15) is 4.39 Å². The molecule has 0 fully saturated rings. The van der Waals surface area contributed by atoms with E-state index in [0.717, 1.165) is 0 Å². The monoisotopic (exact) mass is 235 g/mol. The summed E-state index contributed by atoms with van der Waals surface area (Å²) in [7, 11) is 0. The Kier molecular flexibility index (Phi) is 4.04. The summed E-state index contributed by atoms with van der Waals surface area (Å²) in [6.45, 7) is 0.186. The summed E-state index contributed by atoms with van der Waals surface area (Å²) in [6.07, 6.45) is 1.46. The number of benzene rings is 1. The molecule has 5 heteroatoms. The summed E-state index contributed by atoms with van der Waals surface area (Å²) in [6, 6.07) is 4.19. The third-order valence-electron chi connectivity index (χ3n) is 1.46. The van der Waals surface area contributed by atoms with E-state index in [1.807, 2.05) is 0 Å². The molecular formula is C9H8Cl2FNO. The largest absolute Gasteiger partial charge is 0.489 e. The molecule has 1 aromatic carbocycles. The Labute approximate surface area is 91.1 Å². The molecule has 0 saturated carbocycles. The van der Waals surface area contributed by atoms with E-state index in [1.165, 1.54) is 18.2 Å². The van der Waals surface area contributed by atoms with Crippen LogP contribution in [0.4, 0.5) is 10.1 Å². The normalized spacial score (nSPS) is 9.64. The van der Waals surface area contributed by atoms with Gasteiger partial charge in [0.05, 0.1) is 5.69 Å². The van der Waals surface area contributed by atoms with Gasteiger partial charge in [0.25, 0.3) is 0 Å². The first kappa shape index (κ1) is 11.1. The van der Waals surface area contributed by atoms with E-state index in [4.69, 9.17) is 33.7 Å². The van der Waals surface area contributed by atoms with Crippen LogP contribution < -0.4 is 10.5 Å². The van der Waals surface area contributed by atoms with Gasteiger partial charge < -0.3 is 10.5 Å². The highest BCUT2D eigenvalue weighted by molar-refractivity contribution is 6.55. The molecule has 0 saturated heterocycles. The maximum Gasteiger partial charge on any atom is 0.149 e. The van der Waals surface area contributed by atoms with Gasteiger partial charge in [-0.15, -0.1) is 0 Å². The zero-order valence-electron chi connectivity index (χ0n) is 7.14. The first-order valence-electron chi connectivity index (χ1n) is 3.78. The fourth-order valence-electron chi connectivity index (χ4n) is 0.799. The fourth-order valence-corrected chi connectivity index (χ4v) is 0.925. The Bertz CT molecular complexity index is 351. The molecule has 0 aliphatic heterocycles. The van der Waals surface area contributed by atoms with Crippen LogP contribution in [0.3, 0.4) is 0 Å².